The van der Waals surface area contributed by atoms with Crippen LogP contribution < -0.4 is 10.0 Å². The van der Waals surface area contributed by atoms with Gasteiger partial charge in [-0.3, -0.25) is 4.72 Å². The molecule has 2 aromatic rings. The first-order valence-electron chi connectivity index (χ1n) is 6.70. The number of aromatic nitrogens is 2. The Labute approximate surface area is 130 Å². The number of hydrogen-bond acceptors (Lipinski definition) is 5. The van der Waals surface area contributed by atoms with E-state index in [1.165, 1.54) is 19.7 Å². The van der Waals surface area contributed by atoms with Crippen LogP contribution in [0.1, 0.15) is 11.1 Å². The number of nitrogens with zero attached hydrogens (tertiary/aromatic N) is 3. The van der Waals surface area contributed by atoms with E-state index in [0.717, 1.165) is 9.87 Å². The molecule has 0 atom stereocenters. The molecule has 7 nitrogen and oxygen atoms in total. The van der Waals surface area contributed by atoms with Crippen molar-refractivity contribution < 1.29 is 8.42 Å². The molecular formula is C14H19N5O2S. The fraction of sp³-hybridized carbons (Fsp3) is 0.286. The van der Waals surface area contributed by atoms with Gasteiger partial charge in [-0.1, -0.05) is 29.8 Å². The average Bonchev–Trinajstić information content (AvgIpc) is 2.46. The van der Waals surface area contributed by atoms with E-state index in [0.29, 0.717) is 12.4 Å². The highest BCUT2D eigenvalue weighted by Crippen LogP contribution is 2.11. The quantitative estimate of drug-likeness (QED) is 0.844. The maximum Gasteiger partial charge on any atom is 0.302 e. The first-order chi connectivity index (χ1) is 10.4. The molecule has 8 heteroatoms. The van der Waals surface area contributed by atoms with Gasteiger partial charge in [0.2, 0.25) is 0 Å². The summed E-state index contributed by atoms with van der Waals surface area (Å²) in [6.07, 6.45) is 0. The maximum absolute atomic E-state index is 11.7. The second-order valence-electron chi connectivity index (χ2n) is 5.04. The van der Waals surface area contributed by atoms with Crippen molar-refractivity contribution in [3.63, 3.8) is 0 Å². The van der Waals surface area contributed by atoms with Crippen LogP contribution in [0.3, 0.4) is 0 Å². The van der Waals surface area contributed by atoms with Gasteiger partial charge in [0, 0.05) is 20.6 Å². The SMILES string of the molecule is Cc1cccc(CNc2ccc(NS(=O)(=O)N(C)C)nn2)c1. The summed E-state index contributed by atoms with van der Waals surface area (Å²) in [6, 6.07) is 11.4. The van der Waals surface area contributed by atoms with Gasteiger partial charge in [-0.25, -0.2) is 0 Å². The molecule has 0 aliphatic rings. The summed E-state index contributed by atoms with van der Waals surface area (Å²) in [5, 5.41) is 10.9. The molecule has 0 saturated carbocycles. The van der Waals surface area contributed by atoms with Crippen molar-refractivity contribution in [2.45, 2.75) is 13.5 Å². The molecule has 0 radical (unpaired) electrons. The van der Waals surface area contributed by atoms with Crippen LogP contribution in [0.5, 0.6) is 0 Å². The van der Waals surface area contributed by atoms with Crippen LogP contribution in [-0.2, 0) is 16.8 Å². The molecule has 1 aromatic heterocycles. The number of benzene rings is 1. The van der Waals surface area contributed by atoms with Gasteiger partial charge in [-0.15, -0.1) is 10.2 Å². The number of aryl methyl sites for hydroxylation is 1. The average molecular weight is 321 g/mol. The van der Waals surface area contributed by atoms with Crippen molar-refractivity contribution in [1.29, 1.82) is 0 Å². The molecule has 0 unspecified atom stereocenters. The zero-order valence-electron chi connectivity index (χ0n) is 12.7. The van der Waals surface area contributed by atoms with Crippen LogP contribution in [0.25, 0.3) is 0 Å². The van der Waals surface area contributed by atoms with E-state index in [9.17, 15) is 8.42 Å². The van der Waals surface area contributed by atoms with Crippen molar-refractivity contribution in [1.82, 2.24) is 14.5 Å². The Kier molecular flexibility index (Phi) is 4.94. The Hall–Kier alpha value is -2.19. The highest BCUT2D eigenvalue weighted by Gasteiger charge is 2.13. The predicted octanol–water partition coefficient (Wildman–Crippen LogP) is 1.62. The third kappa shape index (κ3) is 4.40. The highest BCUT2D eigenvalue weighted by molar-refractivity contribution is 7.90. The molecule has 0 saturated heterocycles. The third-order valence-corrected chi connectivity index (χ3v) is 4.36. The zero-order valence-corrected chi connectivity index (χ0v) is 13.6. The fourth-order valence-corrected chi connectivity index (χ4v) is 2.27. The van der Waals surface area contributed by atoms with E-state index in [2.05, 4.69) is 26.3 Å². The lowest BCUT2D eigenvalue weighted by atomic mass is 10.1. The lowest BCUT2D eigenvalue weighted by molar-refractivity contribution is 0.526. The fourth-order valence-electron chi connectivity index (χ4n) is 1.72. The number of hydrogen-bond donors (Lipinski definition) is 2. The van der Waals surface area contributed by atoms with Crippen LogP contribution in [0, 0.1) is 6.92 Å². The zero-order chi connectivity index (χ0) is 16.2. The minimum Gasteiger partial charge on any atom is -0.365 e. The van der Waals surface area contributed by atoms with Crippen LogP contribution in [0.4, 0.5) is 11.6 Å². The van der Waals surface area contributed by atoms with Gasteiger partial charge < -0.3 is 5.32 Å². The van der Waals surface area contributed by atoms with Gasteiger partial charge in [0.1, 0.15) is 5.82 Å². The largest absolute Gasteiger partial charge is 0.365 e. The molecule has 0 aliphatic carbocycles. The lowest BCUT2D eigenvalue weighted by Crippen LogP contribution is -2.29. The van der Waals surface area contributed by atoms with Gasteiger partial charge in [0.05, 0.1) is 0 Å². The first-order valence-corrected chi connectivity index (χ1v) is 8.14. The summed E-state index contributed by atoms with van der Waals surface area (Å²) >= 11 is 0. The summed E-state index contributed by atoms with van der Waals surface area (Å²) in [5.41, 5.74) is 2.33. The van der Waals surface area contributed by atoms with Crippen LogP contribution in [0.2, 0.25) is 0 Å². The molecule has 0 aliphatic heterocycles. The van der Waals surface area contributed by atoms with Crippen LogP contribution >= 0.6 is 0 Å². The summed E-state index contributed by atoms with van der Waals surface area (Å²) in [6.45, 7) is 2.66. The van der Waals surface area contributed by atoms with Crippen molar-refractivity contribution >= 4 is 21.8 Å². The van der Waals surface area contributed by atoms with E-state index in [1.807, 2.05) is 25.1 Å². The van der Waals surface area contributed by atoms with Gasteiger partial charge >= 0.3 is 10.2 Å². The second kappa shape index (κ2) is 6.71. The molecule has 2 N–H and O–H groups in total. The summed E-state index contributed by atoms with van der Waals surface area (Å²) in [5.74, 6) is 0.754. The highest BCUT2D eigenvalue weighted by atomic mass is 32.2. The van der Waals surface area contributed by atoms with E-state index in [1.54, 1.807) is 12.1 Å². The molecule has 0 bridgehead atoms. The van der Waals surface area contributed by atoms with E-state index in [-0.39, 0.29) is 5.82 Å². The van der Waals surface area contributed by atoms with Crippen LogP contribution in [0.15, 0.2) is 36.4 Å². The second-order valence-corrected chi connectivity index (χ2v) is 6.92. The van der Waals surface area contributed by atoms with Crippen LogP contribution in [-0.4, -0.2) is 37.0 Å². The molecule has 0 spiro atoms. The van der Waals surface area contributed by atoms with E-state index in [4.69, 9.17) is 0 Å². The number of rotatable bonds is 6. The van der Waals surface area contributed by atoms with Gasteiger partial charge in [0.25, 0.3) is 0 Å². The Morgan fingerprint density at radius 2 is 1.77 bits per heavy atom. The smallest absolute Gasteiger partial charge is 0.302 e. The topological polar surface area (TPSA) is 87.2 Å². The summed E-state index contributed by atoms with van der Waals surface area (Å²) in [7, 11) is -0.688. The molecule has 1 aromatic carbocycles. The number of nitrogens with one attached hydrogen (secondary N) is 2. The van der Waals surface area contributed by atoms with Crippen molar-refractivity contribution in [3.8, 4) is 0 Å². The molecular weight excluding hydrogens is 302 g/mol. The van der Waals surface area contributed by atoms with E-state index < -0.39 is 10.2 Å². The first kappa shape index (κ1) is 16.2. The Balaban J connectivity index is 1.98. The molecule has 0 amide bonds. The Morgan fingerprint density at radius 1 is 1.09 bits per heavy atom. The van der Waals surface area contributed by atoms with Gasteiger partial charge in [0.15, 0.2) is 5.82 Å². The van der Waals surface area contributed by atoms with Crippen molar-refractivity contribution in [3.05, 3.63) is 47.5 Å². The Bertz CT molecular complexity index is 729. The Morgan fingerprint density at radius 3 is 2.36 bits per heavy atom. The monoisotopic (exact) mass is 321 g/mol. The van der Waals surface area contributed by atoms with Gasteiger partial charge in [-0.05, 0) is 24.6 Å². The third-order valence-electron chi connectivity index (χ3n) is 2.93. The van der Waals surface area contributed by atoms with Crippen molar-refractivity contribution in [2.24, 2.45) is 0 Å². The number of anilines is 2. The van der Waals surface area contributed by atoms with Gasteiger partial charge in [-0.2, -0.15) is 12.7 Å². The van der Waals surface area contributed by atoms with E-state index >= 15 is 0 Å². The molecule has 118 valence electrons. The lowest BCUT2D eigenvalue weighted by Gasteiger charge is -2.12. The maximum atomic E-state index is 11.7. The predicted molar refractivity (Wildman–Crippen MR) is 86.8 cm³/mol. The molecule has 1 heterocycles. The molecule has 22 heavy (non-hydrogen) atoms. The minimum atomic E-state index is -3.56. The normalized spacial score (nSPS) is 11.5. The summed E-state index contributed by atoms with van der Waals surface area (Å²) in [4.78, 5) is 0. The van der Waals surface area contributed by atoms with Crippen molar-refractivity contribution in [2.75, 3.05) is 24.1 Å². The standard InChI is InChI=1S/C14H19N5O2S/c1-11-5-4-6-12(9-11)10-15-13-7-8-14(17-16-13)18-22(20,21)19(2)3/h4-9H,10H2,1-3H3,(H,15,16)(H,17,18). The molecule has 0 fully saturated rings. The summed E-state index contributed by atoms with van der Waals surface area (Å²) < 4.78 is 26.7. The molecule has 2 rings (SSSR count). The minimum absolute atomic E-state index is 0.176.